The third-order valence-corrected chi connectivity index (χ3v) is 8.10. The summed E-state index contributed by atoms with van der Waals surface area (Å²) in [5, 5.41) is 11.1. The van der Waals surface area contributed by atoms with Gasteiger partial charge in [0.1, 0.15) is 5.60 Å². The number of allylic oxidation sites excluding steroid dienone is 2. The molecule has 4 aliphatic rings. The molecule has 0 aromatic carbocycles. The maximum absolute atomic E-state index is 12.2. The van der Waals surface area contributed by atoms with Gasteiger partial charge < -0.3 is 5.11 Å². The average molecular weight is 316 g/mol. The molecule has 1 N–H and O–H groups in total. The highest BCUT2D eigenvalue weighted by Gasteiger charge is 2.64. The van der Waals surface area contributed by atoms with Crippen LogP contribution in [0.15, 0.2) is 12.2 Å². The highest BCUT2D eigenvalue weighted by atomic mass is 16.3. The normalized spacial score (nSPS) is 51.8. The Bertz CT molecular complexity index is 579. The van der Waals surface area contributed by atoms with Gasteiger partial charge in [0.15, 0.2) is 11.6 Å². The second-order valence-corrected chi connectivity index (χ2v) is 8.79. The predicted molar refractivity (Wildman–Crippen MR) is 87.7 cm³/mol. The Balaban J connectivity index is 1.65. The van der Waals surface area contributed by atoms with Crippen LogP contribution >= 0.6 is 0 Å². The van der Waals surface area contributed by atoms with Crippen LogP contribution in [-0.2, 0) is 9.59 Å². The quantitative estimate of drug-likeness (QED) is 0.807. The van der Waals surface area contributed by atoms with Gasteiger partial charge in [-0.3, -0.25) is 9.59 Å². The van der Waals surface area contributed by atoms with Crippen LogP contribution in [0.5, 0.6) is 0 Å². The van der Waals surface area contributed by atoms with Gasteiger partial charge in [0.2, 0.25) is 0 Å². The van der Waals surface area contributed by atoms with Crippen molar-refractivity contribution in [1.29, 1.82) is 0 Å². The second kappa shape index (κ2) is 5.02. The summed E-state index contributed by atoms with van der Waals surface area (Å²) in [6.07, 6.45) is 10.7. The summed E-state index contributed by atoms with van der Waals surface area (Å²) in [6, 6.07) is 0. The Kier molecular flexibility index (Phi) is 3.39. The number of carbonyl (C=O) groups excluding carboxylic acids is 2. The van der Waals surface area contributed by atoms with Crippen molar-refractivity contribution in [3.05, 3.63) is 12.2 Å². The van der Waals surface area contributed by atoms with Crippen molar-refractivity contribution < 1.29 is 14.7 Å². The monoisotopic (exact) mass is 316 g/mol. The standard InChI is InChI=1S/C20H28O3/c1-12(21)20(23)10-8-18-17-5-3-13-11-14(22)4-6-15(13)16(17)7-9-19(18,20)2/h4,6,13,15-18,23H,3,5,7-11H2,1-2H3/t13-,15-,16+,17+,18-,19-,20-/m0/s1. The molecule has 0 unspecified atom stereocenters. The SMILES string of the molecule is CC(=O)[C@@]1(O)CC[C@H]2[C@@H]3CC[C@H]4CC(=O)C=C[C@@H]4[C@H]3CC[C@@]21C. The van der Waals surface area contributed by atoms with Crippen LogP contribution < -0.4 is 0 Å². The molecule has 3 nitrogen and oxygen atoms in total. The maximum atomic E-state index is 12.2. The fraction of sp³-hybridized carbons (Fsp3) is 0.800. The van der Waals surface area contributed by atoms with Gasteiger partial charge in [0, 0.05) is 11.8 Å². The van der Waals surface area contributed by atoms with Crippen LogP contribution in [0.4, 0.5) is 0 Å². The minimum Gasteiger partial charge on any atom is -0.382 e. The summed E-state index contributed by atoms with van der Waals surface area (Å²) in [6.45, 7) is 3.72. The molecule has 0 aromatic rings. The number of aliphatic hydroxyl groups is 1. The number of Topliss-reactive ketones (excluding diaryl/α,β-unsaturated/α-hetero) is 1. The van der Waals surface area contributed by atoms with E-state index in [1.54, 1.807) is 13.0 Å². The van der Waals surface area contributed by atoms with Crippen molar-refractivity contribution in [2.45, 2.75) is 64.4 Å². The van der Waals surface area contributed by atoms with Gasteiger partial charge in [-0.15, -0.1) is 0 Å². The van der Waals surface area contributed by atoms with Gasteiger partial charge in [-0.1, -0.05) is 13.0 Å². The summed E-state index contributed by atoms with van der Waals surface area (Å²) >= 11 is 0. The van der Waals surface area contributed by atoms with E-state index in [2.05, 4.69) is 13.0 Å². The minimum absolute atomic E-state index is 0.0437. The molecule has 0 aromatic heterocycles. The number of ketones is 2. The van der Waals surface area contributed by atoms with Crippen LogP contribution in [0.2, 0.25) is 0 Å². The first-order chi connectivity index (χ1) is 10.9. The molecule has 3 saturated carbocycles. The van der Waals surface area contributed by atoms with E-state index in [1.165, 1.54) is 6.42 Å². The van der Waals surface area contributed by atoms with E-state index < -0.39 is 5.60 Å². The molecule has 4 rings (SSSR count). The van der Waals surface area contributed by atoms with E-state index in [-0.39, 0.29) is 17.0 Å². The van der Waals surface area contributed by atoms with Gasteiger partial charge in [-0.2, -0.15) is 0 Å². The minimum atomic E-state index is -1.11. The van der Waals surface area contributed by atoms with Crippen molar-refractivity contribution in [1.82, 2.24) is 0 Å². The van der Waals surface area contributed by atoms with Crippen molar-refractivity contribution in [3.8, 4) is 0 Å². The average Bonchev–Trinajstić information content (AvgIpc) is 2.80. The van der Waals surface area contributed by atoms with Crippen molar-refractivity contribution >= 4 is 11.6 Å². The Hall–Kier alpha value is -0.960. The Morgan fingerprint density at radius 3 is 2.70 bits per heavy atom. The van der Waals surface area contributed by atoms with Crippen molar-refractivity contribution in [3.63, 3.8) is 0 Å². The van der Waals surface area contributed by atoms with Crippen LogP contribution in [-0.4, -0.2) is 22.3 Å². The third-order valence-electron chi connectivity index (χ3n) is 8.10. The molecule has 3 heteroatoms. The van der Waals surface area contributed by atoms with Crippen LogP contribution in [0.25, 0.3) is 0 Å². The smallest absolute Gasteiger partial charge is 0.161 e. The molecule has 0 radical (unpaired) electrons. The zero-order chi connectivity index (χ0) is 16.4. The number of hydrogen-bond acceptors (Lipinski definition) is 3. The molecule has 7 atom stereocenters. The number of hydrogen-bond donors (Lipinski definition) is 1. The first-order valence-electron chi connectivity index (χ1n) is 9.31. The lowest BCUT2D eigenvalue weighted by molar-refractivity contribution is -0.159. The molecule has 0 aliphatic heterocycles. The van der Waals surface area contributed by atoms with E-state index in [0.29, 0.717) is 36.0 Å². The van der Waals surface area contributed by atoms with Crippen molar-refractivity contribution in [2.75, 3.05) is 0 Å². The van der Waals surface area contributed by atoms with Gasteiger partial charge in [0.25, 0.3) is 0 Å². The summed E-state index contributed by atoms with van der Waals surface area (Å²) in [5.74, 6) is 3.04. The molecule has 23 heavy (non-hydrogen) atoms. The van der Waals surface area contributed by atoms with E-state index in [4.69, 9.17) is 0 Å². The Morgan fingerprint density at radius 2 is 1.96 bits per heavy atom. The largest absolute Gasteiger partial charge is 0.382 e. The van der Waals surface area contributed by atoms with Gasteiger partial charge in [0.05, 0.1) is 0 Å². The van der Waals surface area contributed by atoms with E-state index >= 15 is 0 Å². The van der Waals surface area contributed by atoms with E-state index in [1.807, 2.05) is 0 Å². The molecule has 0 spiro atoms. The highest BCUT2D eigenvalue weighted by Crippen LogP contribution is 2.64. The molecule has 126 valence electrons. The van der Waals surface area contributed by atoms with Crippen LogP contribution in [0.3, 0.4) is 0 Å². The fourth-order valence-electron chi connectivity index (χ4n) is 6.84. The van der Waals surface area contributed by atoms with Gasteiger partial charge >= 0.3 is 0 Å². The molecular formula is C20H28O3. The molecule has 0 bridgehead atoms. The lowest BCUT2D eigenvalue weighted by atomic mass is 9.49. The van der Waals surface area contributed by atoms with Crippen LogP contribution in [0, 0.1) is 35.0 Å². The van der Waals surface area contributed by atoms with Gasteiger partial charge in [-0.05, 0) is 81.1 Å². The fourth-order valence-corrected chi connectivity index (χ4v) is 6.84. The lowest BCUT2D eigenvalue weighted by Crippen LogP contribution is -2.56. The molecule has 0 saturated heterocycles. The summed E-state index contributed by atoms with van der Waals surface area (Å²) in [7, 11) is 0. The van der Waals surface area contributed by atoms with Crippen molar-refractivity contribution in [2.24, 2.45) is 35.0 Å². The van der Waals surface area contributed by atoms with E-state index in [9.17, 15) is 14.7 Å². The summed E-state index contributed by atoms with van der Waals surface area (Å²) in [4.78, 5) is 23.9. The maximum Gasteiger partial charge on any atom is 0.161 e. The highest BCUT2D eigenvalue weighted by molar-refractivity contribution is 5.90. The number of fused-ring (bicyclic) bond motifs is 5. The Labute approximate surface area is 138 Å². The first kappa shape index (κ1) is 15.6. The molecule has 0 heterocycles. The summed E-state index contributed by atoms with van der Waals surface area (Å²) < 4.78 is 0. The zero-order valence-electron chi connectivity index (χ0n) is 14.3. The lowest BCUT2D eigenvalue weighted by Gasteiger charge is -2.55. The predicted octanol–water partition coefficient (Wildman–Crippen LogP) is 3.30. The van der Waals surface area contributed by atoms with Gasteiger partial charge in [-0.25, -0.2) is 0 Å². The van der Waals surface area contributed by atoms with Crippen LogP contribution in [0.1, 0.15) is 58.8 Å². The molecule has 4 aliphatic carbocycles. The second-order valence-electron chi connectivity index (χ2n) is 8.79. The first-order valence-corrected chi connectivity index (χ1v) is 9.31. The number of carbonyl (C=O) groups is 2. The number of rotatable bonds is 1. The topological polar surface area (TPSA) is 54.4 Å². The molecule has 0 amide bonds. The summed E-state index contributed by atoms with van der Waals surface area (Å²) in [5.41, 5.74) is -1.36. The zero-order valence-corrected chi connectivity index (χ0v) is 14.3. The Morgan fingerprint density at radius 1 is 1.17 bits per heavy atom. The van der Waals surface area contributed by atoms with E-state index in [0.717, 1.165) is 32.1 Å². The molecule has 3 fully saturated rings. The third kappa shape index (κ3) is 1.98. The molecular weight excluding hydrogens is 288 g/mol.